The lowest BCUT2D eigenvalue weighted by atomic mass is 9.97. The number of carbonyl (C=O) groups is 2. The molecule has 2 heterocycles. The van der Waals surface area contributed by atoms with Crippen LogP contribution in [0.5, 0.6) is 0 Å². The van der Waals surface area contributed by atoms with E-state index in [4.69, 9.17) is 5.73 Å². The van der Waals surface area contributed by atoms with E-state index in [1.165, 1.54) is 4.90 Å². The van der Waals surface area contributed by atoms with E-state index in [1.54, 1.807) is 6.20 Å². The predicted molar refractivity (Wildman–Crippen MR) is 84.3 cm³/mol. The van der Waals surface area contributed by atoms with Crippen molar-refractivity contribution in [3.8, 4) is 0 Å². The zero-order valence-corrected chi connectivity index (χ0v) is 13.1. The number of nitrogens with one attached hydrogen (secondary N) is 1. The van der Waals surface area contributed by atoms with E-state index < -0.39 is 6.03 Å². The van der Waals surface area contributed by atoms with Crippen LogP contribution in [0.3, 0.4) is 0 Å². The van der Waals surface area contributed by atoms with Crippen molar-refractivity contribution in [1.82, 2.24) is 15.2 Å². The van der Waals surface area contributed by atoms with Crippen LogP contribution in [0.15, 0.2) is 18.3 Å². The molecule has 0 radical (unpaired) electrons. The first-order valence-corrected chi connectivity index (χ1v) is 7.42. The topological polar surface area (TPSA) is 91.6 Å². The zero-order valence-electron chi connectivity index (χ0n) is 13.1. The summed E-state index contributed by atoms with van der Waals surface area (Å²) in [6, 6.07) is 3.34. The zero-order chi connectivity index (χ0) is 16.1. The molecule has 7 nitrogen and oxygen atoms in total. The van der Waals surface area contributed by atoms with Gasteiger partial charge < -0.3 is 20.9 Å². The van der Waals surface area contributed by atoms with Gasteiger partial charge >= 0.3 is 6.03 Å². The van der Waals surface area contributed by atoms with Gasteiger partial charge in [0.2, 0.25) is 5.91 Å². The number of carbonyl (C=O) groups excluding carboxylic acids is 2. The Labute approximate surface area is 130 Å². The van der Waals surface area contributed by atoms with Gasteiger partial charge in [-0.05, 0) is 18.9 Å². The lowest BCUT2D eigenvalue weighted by Gasteiger charge is -2.30. The summed E-state index contributed by atoms with van der Waals surface area (Å²) in [5, 5.41) is 2.94. The summed E-state index contributed by atoms with van der Waals surface area (Å²) in [5.41, 5.74) is 6.25. The number of aromatic nitrogens is 1. The van der Waals surface area contributed by atoms with Gasteiger partial charge in [-0.2, -0.15) is 0 Å². The van der Waals surface area contributed by atoms with Gasteiger partial charge in [0.25, 0.3) is 0 Å². The summed E-state index contributed by atoms with van der Waals surface area (Å²) in [4.78, 5) is 31.3. The molecule has 0 saturated carbocycles. The number of urea groups is 1. The number of hydrogen-bond acceptors (Lipinski definition) is 4. The molecule has 2 rings (SSSR count). The van der Waals surface area contributed by atoms with Gasteiger partial charge in [0, 0.05) is 45.5 Å². The Hall–Kier alpha value is -2.31. The number of nitrogens with zero attached hydrogens (tertiary/aromatic N) is 3. The molecule has 1 atom stereocenters. The Morgan fingerprint density at radius 3 is 2.95 bits per heavy atom. The predicted octanol–water partition coefficient (Wildman–Crippen LogP) is 0.555. The van der Waals surface area contributed by atoms with Crippen LogP contribution >= 0.6 is 0 Å². The van der Waals surface area contributed by atoms with Crippen LogP contribution in [0, 0.1) is 5.92 Å². The number of anilines is 1. The average Bonchev–Trinajstić information content (AvgIpc) is 2.52. The number of pyridine rings is 1. The maximum Gasteiger partial charge on any atom is 0.314 e. The third kappa shape index (κ3) is 3.87. The molecule has 3 N–H and O–H groups in total. The fraction of sp³-hybridized carbons (Fsp3) is 0.533. The Balaban J connectivity index is 1.94. The largest absolute Gasteiger partial charge is 0.362 e. The quantitative estimate of drug-likeness (QED) is 0.850. The Morgan fingerprint density at radius 2 is 2.27 bits per heavy atom. The molecule has 120 valence electrons. The number of likely N-dealkylation sites (tertiary alicyclic amines) is 1. The molecule has 3 amide bonds. The van der Waals surface area contributed by atoms with Gasteiger partial charge in [-0.15, -0.1) is 0 Å². The fourth-order valence-electron chi connectivity index (χ4n) is 2.69. The summed E-state index contributed by atoms with van der Waals surface area (Å²) in [7, 11) is 3.83. The van der Waals surface area contributed by atoms with Gasteiger partial charge in [-0.3, -0.25) is 4.79 Å². The third-order valence-corrected chi connectivity index (χ3v) is 3.85. The highest BCUT2D eigenvalue weighted by molar-refractivity contribution is 5.80. The van der Waals surface area contributed by atoms with Gasteiger partial charge in [0.15, 0.2) is 0 Å². The summed E-state index contributed by atoms with van der Waals surface area (Å²) >= 11 is 0. The highest BCUT2D eigenvalue weighted by Crippen LogP contribution is 2.18. The maximum atomic E-state index is 12.3. The molecule has 1 aliphatic rings. The molecular weight excluding hydrogens is 282 g/mol. The van der Waals surface area contributed by atoms with Crippen molar-refractivity contribution in [3.63, 3.8) is 0 Å². The molecule has 1 aromatic rings. The van der Waals surface area contributed by atoms with E-state index in [0.717, 1.165) is 24.2 Å². The molecule has 1 fully saturated rings. The van der Waals surface area contributed by atoms with Crippen LogP contribution in [-0.2, 0) is 11.3 Å². The van der Waals surface area contributed by atoms with Crippen molar-refractivity contribution in [2.75, 3.05) is 32.1 Å². The normalized spacial score (nSPS) is 17.9. The number of nitrogens with two attached hydrogens (primary N) is 1. The van der Waals surface area contributed by atoms with Crippen LogP contribution in [0.1, 0.15) is 18.4 Å². The Kier molecular flexibility index (Phi) is 5.19. The second kappa shape index (κ2) is 7.11. The molecule has 0 unspecified atom stereocenters. The molecule has 0 spiro atoms. The molecule has 0 bridgehead atoms. The molecule has 22 heavy (non-hydrogen) atoms. The molecule has 0 aliphatic carbocycles. The van der Waals surface area contributed by atoms with Gasteiger partial charge in [-0.1, -0.05) is 6.07 Å². The van der Waals surface area contributed by atoms with Crippen LogP contribution in [0.25, 0.3) is 0 Å². The Morgan fingerprint density at radius 1 is 1.50 bits per heavy atom. The van der Waals surface area contributed by atoms with Crippen molar-refractivity contribution < 1.29 is 9.59 Å². The number of hydrogen-bond donors (Lipinski definition) is 2. The second-order valence-electron chi connectivity index (χ2n) is 5.72. The summed E-state index contributed by atoms with van der Waals surface area (Å²) in [6.45, 7) is 1.45. The number of primary amides is 1. The van der Waals surface area contributed by atoms with E-state index >= 15 is 0 Å². The lowest BCUT2D eigenvalue weighted by molar-refractivity contribution is -0.126. The maximum absolute atomic E-state index is 12.3. The molecule has 1 aromatic heterocycles. The van der Waals surface area contributed by atoms with Gasteiger partial charge in [0.05, 0.1) is 5.92 Å². The monoisotopic (exact) mass is 305 g/mol. The minimum absolute atomic E-state index is 0.0421. The van der Waals surface area contributed by atoms with Crippen molar-refractivity contribution in [2.45, 2.75) is 19.4 Å². The summed E-state index contributed by atoms with van der Waals surface area (Å²) in [5.74, 6) is 0.602. The highest BCUT2D eigenvalue weighted by atomic mass is 16.2. The van der Waals surface area contributed by atoms with Crippen LogP contribution < -0.4 is 16.0 Å². The first-order chi connectivity index (χ1) is 10.5. The van der Waals surface area contributed by atoms with Crippen molar-refractivity contribution in [2.24, 2.45) is 11.7 Å². The molecule has 7 heteroatoms. The van der Waals surface area contributed by atoms with Crippen LogP contribution in [0.4, 0.5) is 10.6 Å². The van der Waals surface area contributed by atoms with E-state index in [1.807, 2.05) is 31.1 Å². The van der Waals surface area contributed by atoms with E-state index in [-0.39, 0.29) is 11.8 Å². The van der Waals surface area contributed by atoms with Gasteiger partial charge in [0.1, 0.15) is 5.82 Å². The van der Waals surface area contributed by atoms with Crippen LogP contribution in [-0.4, -0.2) is 49.0 Å². The fourth-order valence-corrected chi connectivity index (χ4v) is 2.69. The first-order valence-electron chi connectivity index (χ1n) is 7.42. The second-order valence-corrected chi connectivity index (χ2v) is 5.72. The number of rotatable bonds is 4. The number of piperidine rings is 1. The van der Waals surface area contributed by atoms with E-state index in [9.17, 15) is 9.59 Å². The minimum Gasteiger partial charge on any atom is -0.362 e. The Bertz CT molecular complexity index is 546. The average molecular weight is 305 g/mol. The van der Waals surface area contributed by atoms with E-state index in [0.29, 0.717) is 19.6 Å². The number of amides is 3. The smallest absolute Gasteiger partial charge is 0.314 e. The van der Waals surface area contributed by atoms with Crippen molar-refractivity contribution >= 4 is 17.8 Å². The highest BCUT2D eigenvalue weighted by Gasteiger charge is 2.27. The minimum atomic E-state index is -0.459. The summed E-state index contributed by atoms with van der Waals surface area (Å²) in [6.07, 6.45) is 3.31. The standard InChI is InChI=1S/C15H23N5O2/c1-19(2)13-11(5-3-7-17-13)9-18-14(21)12-6-4-8-20(10-12)15(16)22/h3,5,7,12H,4,6,8-10H2,1-2H3,(H2,16,22)(H,18,21)/t12-/m0/s1. The van der Waals surface area contributed by atoms with Crippen molar-refractivity contribution in [3.05, 3.63) is 23.9 Å². The molecule has 1 aliphatic heterocycles. The SMILES string of the molecule is CN(C)c1ncccc1CNC(=O)[C@H]1CCCN(C(N)=O)C1. The first kappa shape index (κ1) is 16.1. The summed E-state index contributed by atoms with van der Waals surface area (Å²) < 4.78 is 0. The van der Waals surface area contributed by atoms with Crippen LogP contribution in [0.2, 0.25) is 0 Å². The van der Waals surface area contributed by atoms with E-state index in [2.05, 4.69) is 10.3 Å². The van der Waals surface area contributed by atoms with Crippen molar-refractivity contribution in [1.29, 1.82) is 0 Å². The molecule has 0 aromatic carbocycles. The third-order valence-electron chi connectivity index (χ3n) is 3.85. The molecular formula is C15H23N5O2. The molecule has 1 saturated heterocycles. The lowest BCUT2D eigenvalue weighted by Crippen LogP contribution is -2.47. The van der Waals surface area contributed by atoms with Gasteiger partial charge in [-0.25, -0.2) is 9.78 Å².